The highest BCUT2D eigenvalue weighted by molar-refractivity contribution is 9.10. The van der Waals surface area contributed by atoms with Gasteiger partial charge in [0.25, 0.3) is 0 Å². The lowest BCUT2D eigenvalue weighted by atomic mass is 10.1. The number of carbonyl (C=O) groups is 2. The van der Waals surface area contributed by atoms with E-state index in [2.05, 4.69) is 42.9 Å². The van der Waals surface area contributed by atoms with Crippen LogP contribution in [0.4, 0.5) is 5.69 Å². The number of thiophene rings is 1. The Labute approximate surface area is 176 Å². The number of amides is 2. The first-order chi connectivity index (χ1) is 13.1. The molecule has 1 aliphatic heterocycles. The summed E-state index contributed by atoms with van der Waals surface area (Å²) in [6, 6.07) is 9.63. The van der Waals surface area contributed by atoms with E-state index >= 15 is 0 Å². The van der Waals surface area contributed by atoms with Crippen LogP contribution in [0.1, 0.15) is 10.4 Å². The second-order valence-electron chi connectivity index (χ2n) is 6.30. The van der Waals surface area contributed by atoms with E-state index < -0.39 is 0 Å². The lowest BCUT2D eigenvalue weighted by Crippen LogP contribution is -2.38. The summed E-state index contributed by atoms with van der Waals surface area (Å²) >= 11 is 6.53. The zero-order valence-electron chi connectivity index (χ0n) is 14.9. The summed E-state index contributed by atoms with van der Waals surface area (Å²) in [4.78, 5) is 27.7. The molecule has 3 rings (SSSR count). The van der Waals surface area contributed by atoms with E-state index in [1.54, 1.807) is 0 Å². The molecular weight excluding hydrogens is 446 g/mol. The zero-order valence-corrected chi connectivity index (χ0v) is 18.1. The summed E-state index contributed by atoms with van der Waals surface area (Å²) in [7, 11) is 0. The molecule has 0 aliphatic carbocycles. The maximum Gasteiger partial charge on any atom is 0.234 e. The van der Waals surface area contributed by atoms with Crippen LogP contribution in [0.2, 0.25) is 0 Å². The molecule has 2 heterocycles. The van der Waals surface area contributed by atoms with Crippen molar-refractivity contribution in [3.8, 4) is 0 Å². The first-order valence-electron chi connectivity index (χ1n) is 8.77. The minimum atomic E-state index is -0.106. The highest BCUT2D eigenvalue weighted by atomic mass is 79.9. The largest absolute Gasteiger partial charge is 0.354 e. The molecule has 0 radical (unpaired) electrons. The fourth-order valence-electron chi connectivity index (χ4n) is 2.90. The van der Waals surface area contributed by atoms with Gasteiger partial charge >= 0.3 is 0 Å². The summed E-state index contributed by atoms with van der Waals surface area (Å²) in [5.74, 6) is 0.419. The third kappa shape index (κ3) is 6.64. The average Bonchev–Trinajstić information content (AvgIpc) is 3.09. The third-order valence-corrected chi connectivity index (χ3v) is 6.66. The Balaban J connectivity index is 1.27. The predicted octanol–water partition coefficient (Wildman–Crippen LogP) is 3.36. The normalized spacial score (nSPS) is 13.8. The summed E-state index contributed by atoms with van der Waals surface area (Å²) in [6.07, 6.45) is 1.10. The van der Waals surface area contributed by atoms with E-state index in [-0.39, 0.29) is 17.6 Å². The molecule has 144 valence electrons. The van der Waals surface area contributed by atoms with Gasteiger partial charge in [-0.1, -0.05) is 22.0 Å². The summed E-state index contributed by atoms with van der Waals surface area (Å²) in [6.45, 7) is 3.52. The molecule has 0 saturated heterocycles. The second kappa shape index (κ2) is 10.3. The fraction of sp³-hybridized carbons (Fsp3) is 0.368. The van der Waals surface area contributed by atoms with Crippen LogP contribution >= 0.6 is 39.0 Å². The van der Waals surface area contributed by atoms with Gasteiger partial charge < -0.3 is 10.6 Å². The zero-order chi connectivity index (χ0) is 19.1. The molecule has 0 saturated carbocycles. The highest BCUT2D eigenvalue weighted by Crippen LogP contribution is 2.23. The quantitative estimate of drug-likeness (QED) is 0.624. The molecule has 0 spiro atoms. The molecule has 0 unspecified atom stereocenters. The molecule has 0 bridgehead atoms. The Bertz CT molecular complexity index is 797. The fourth-order valence-corrected chi connectivity index (χ4v) is 4.84. The Kier molecular flexibility index (Phi) is 7.75. The smallest absolute Gasteiger partial charge is 0.234 e. The number of hydrogen-bond donors (Lipinski definition) is 2. The minimum Gasteiger partial charge on any atom is -0.354 e. The van der Waals surface area contributed by atoms with Crippen molar-refractivity contribution in [3.63, 3.8) is 0 Å². The van der Waals surface area contributed by atoms with Gasteiger partial charge in [0.2, 0.25) is 11.8 Å². The van der Waals surface area contributed by atoms with Crippen molar-refractivity contribution in [2.24, 2.45) is 0 Å². The molecule has 1 aromatic carbocycles. The van der Waals surface area contributed by atoms with Crippen LogP contribution in [0.3, 0.4) is 0 Å². The third-order valence-electron chi connectivity index (χ3n) is 4.21. The number of fused-ring (bicyclic) bond motifs is 1. The van der Waals surface area contributed by atoms with E-state index in [4.69, 9.17) is 0 Å². The Morgan fingerprint density at radius 2 is 2.07 bits per heavy atom. The molecule has 2 aromatic rings. The molecule has 2 amide bonds. The lowest BCUT2D eigenvalue weighted by molar-refractivity contribution is -0.118. The molecule has 8 heteroatoms. The maximum atomic E-state index is 11.9. The van der Waals surface area contributed by atoms with Gasteiger partial charge in [0, 0.05) is 41.2 Å². The van der Waals surface area contributed by atoms with Crippen molar-refractivity contribution in [1.29, 1.82) is 0 Å². The number of benzene rings is 1. The molecular formula is C19H22BrN3O2S2. The van der Waals surface area contributed by atoms with E-state index in [1.165, 1.54) is 22.2 Å². The highest BCUT2D eigenvalue weighted by Gasteiger charge is 2.16. The van der Waals surface area contributed by atoms with Gasteiger partial charge in [-0.2, -0.15) is 0 Å². The maximum absolute atomic E-state index is 11.9. The van der Waals surface area contributed by atoms with Crippen LogP contribution in [0, 0.1) is 0 Å². The number of nitrogens with zero attached hydrogens (tertiary/aromatic N) is 1. The number of nitrogens with one attached hydrogen (secondary N) is 2. The van der Waals surface area contributed by atoms with Gasteiger partial charge in [-0.25, -0.2) is 0 Å². The molecule has 1 aromatic heterocycles. The van der Waals surface area contributed by atoms with Gasteiger partial charge in [-0.15, -0.1) is 23.1 Å². The van der Waals surface area contributed by atoms with Crippen molar-refractivity contribution < 1.29 is 9.59 Å². The summed E-state index contributed by atoms with van der Waals surface area (Å²) in [5, 5.41) is 7.92. The number of hydrogen-bond acceptors (Lipinski definition) is 5. The summed E-state index contributed by atoms with van der Waals surface area (Å²) in [5.41, 5.74) is 2.17. The van der Waals surface area contributed by atoms with Gasteiger partial charge in [0.05, 0.1) is 11.5 Å². The second-order valence-corrected chi connectivity index (χ2v) is 9.20. The number of rotatable bonds is 8. The van der Waals surface area contributed by atoms with Crippen LogP contribution in [0.15, 0.2) is 40.2 Å². The van der Waals surface area contributed by atoms with E-state index in [9.17, 15) is 9.59 Å². The van der Waals surface area contributed by atoms with Gasteiger partial charge in [-0.3, -0.25) is 14.5 Å². The van der Waals surface area contributed by atoms with E-state index in [1.807, 2.05) is 35.6 Å². The Hall–Kier alpha value is -1.35. The minimum absolute atomic E-state index is 0.0245. The van der Waals surface area contributed by atoms with Crippen molar-refractivity contribution >= 4 is 56.5 Å². The van der Waals surface area contributed by atoms with Crippen LogP contribution < -0.4 is 10.6 Å². The standard InChI is InChI=1S/C19H22BrN3O2S2/c20-15-2-1-3-16(10-15)22-19(25)13-26-12-18(24)21-6-8-23-7-4-17-14(11-23)5-9-27-17/h1-3,5,9-10H,4,6-8,11-13H2,(H,21,24)(H,22,25). The van der Waals surface area contributed by atoms with Gasteiger partial charge in [-0.05, 0) is 41.6 Å². The topological polar surface area (TPSA) is 61.4 Å². The van der Waals surface area contributed by atoms with Crippen LogP contribution in [-0.2, 0) is 22.6 Å². The van der Waals surface area contributed by atoms with Gasteiger partial charge in [0.1, 0.15) is 0 Å². The number of carbonyl (C=O) groups excluding carboxylic acids is 2. The molecule has 27 heavy (non-hydrogen) atoms. The van der Waals surface area contributed by atoms with Crippen LogP contribution in [-0.4, -0.2) is 47.9 Å². The van der Waals surface area contributed by atoms with Gasteiger partial charge in [0.15, 0.2) is 0 Å². The number of thioether (sulfide) groups is 1. The molecule has 5 nitrogen and oxygen atoms in total. The first kappa shape index (κ1) is 20.4. The Morgan fingerprint density at radius 1 is 1.22 bits per heavy atom. The Morgan fingerprint density at radius 3 is 2.93 bits per heavy atom. The monoisotopic (exact) mass is 467 g/mol. The van der Waals surface area contributed by atoms with E-state index in [0.717, 1.165) is 36.2 Å². The first-order valence-corrected chi connectivity index (χ1v) is 11.6. The molecule has 1 aliphatic rings. The summed E-state index contributed by atoms with van der Waals surface area (Å²) < 4.78 is 0.913. The molecule has 0 fully saturated rings. The lowest BCUT2D eigenvalue weighted by Gasteiger charge is -2.26. The van der Waals surface area contributed by atoms with Crippen molar-refractivity contribution in [2.75, 3.05) is 36.5 Å². The number of halogens is 1. The molecule has 2 N–H and O–H groups in total. The van der Waals surface area contributed by atoms with Crippen LogP contribution in [0.5, 0.6) is 0 Å². The SMILES string of the molecule is O=C(CSCC(=O)Nc1cccc(Br)c1)NCCN1CCc2sccc2C1. The van der Waals surface area contributed by atoms with Crippen molar-refractivity contribution in [3.05, 3.63) is 50.6 Å². The van der Waals surface area contributed by atoms with Crippen molar-refractivity contribution in [2.45, 2.75) is 13.0 Å². The van der Waals surface area contributed by atoms with E-state index in [0.29, 0.717) is 12.3 Å². The predicted molar refractivity (Wildman–Crippen MR) is 116 cm³/mol. The average molecular weight is 468 g/mol. The molecule has 0 atom stereocenters. The van der Waals surface area contributed by atoms with Crippen LogP contribution in [0.25, 0.3) is 0 Å². The number of anilines is 1. The van der Waals surface area contributed by atoms with Crippen molar-refractivity contribution in [1.82, 2.24) is 10.2 Å².